The van der Waals surface area contributed by atoms with E-state index in [-0.39, 0.29) is 13.0 Å². The molecule has 0 aliphatic carbocycles. The zero-order valence-electron chi connectivity index (χ0n) is 11.9. The Hall–Kier alpha value is -0.910. The van der Waals surface area contributed by atoms with E-state index in [4.69, 9.17) is 4.74 Å². The Morgan fingerprint density at radius 3 is 2.10 bits per heavy atom. The van der Waals surface area contributed by atoms with Gasteiger partial charge >= 0.3 is 19.5 Å². The molecule has 118 valence electrons. The highest BCUT2D eigenvalue weighted by Crippen LogP contribution is 2.55. The van der Waals surface area contributed by atoms with Crippen LogP contribution in [0.5, 0.6) is 0 Å². The monoisotopic (exact) mass is 310 g/mol. The number of aliphatic carboxylic acids is 1. The molecule has 0 aliphatic heterocycles. The fraction of sp³-hybridized carbons (Fsp3) is 0.833. The largest absolute Gasteiger partial charge is 0.480 e. The molecule has 20 heavy (non-hydrogen) atoms. The molecule has 0 spiro atoms. The van der Waals surface area contributed by atoms with E-state index in [1.165, 1.54) is 0 Å². The van der Waals surface area contributed by atoms with Gasteiger partial charge in [0, 0.05) is 0 Å². The predicted octanol–water partition coefficient (Wildman–Crippen LogP) is 1.91. The Bertz CT molecular complexity index is 376. The molecular formula is C12H23O7P. The molecule has 0 saturated carbocycles. The van der Waals surface area contributed by atoms with Crippen LogP contribution in [0.4, 0.5) is 0 Å². The zero-order chi connectivity index (χ0) is 15.8. The van der Waals surface area contributed by atoms with Gasteiger partial charge in [0.1, 0.15) is 0 Å². The van der Waals surface area contributed by atoms with E-state index in [2.05, 4.69) is 0 Å². The Labute approximate surface area is 118 Å². The lowest BCUT2D eigenvalue weighted by Gasteiger charge is -2.29. The molecule has 8 heteroatoms. The molecule has 0 fully saturated rings. The predicted molar refractivity (Wildman–Crippen MR) is 72.4 cm³/mol. The maximum Gasteiger partial charge on any atom is 0.343 e. The smallest absolute Gasteiger partial charge is 0.343 e. The maximum atomic E-state index is 11.6. The molecule has 0 bridgehead atoms. The minimum Gasteiger partial charge on any atom is -0.480 e. The molecule has 0 rings (SSSR count). The molecule has 0 amide bonds. The first-order chi connectivity index (χ1) is 9.21. The summed E-state index contributed by atoms with van der Waals surface area (Å²) in [5.74, 6) is -2.55. The number of hydrogen-bond donors (Lipinski definition) is 3. The van der Waals surface area contributed by atoms with Crippen molar-refractivity contribution in [3.8, 4) is 0 Å². The summed E-state index contributed by atoms with van der Waals surface area (Å²) in [7, 11) is -4.99. The van der Waals surface area contributed by atoms with Gasteiger partial charge in [0.25, 0.3) is 0 Å². The van der Waals surface area contributed by atoms with E-state index < -0.39 is 31.1 Å². The summed E-state index contributed by atoms with van der Waals surface area (Å²) in [5, 5.41) is 6.82. The third-order valence-corrected chi connectivity index (χ3v) is 4.79. The molecule has 0 heterocycles. The Kier molecular flexibility index (Phi) is 8.01. The van der Waals surface area contributed by atoms with E-state index >= 15 is 0 Å². The summed E-state index contributed by atoms with van der Waals surface area (Å²) in [6.07, 6.45) is 1.23. The van der Waals surface area contributed by atoms with Crippen LogP contribution >= 0.6 is 7.60 Å². The zero-order valence-corrected chi connectivity index (χ0v) is 12.8. The number of carbonyl (C=O) groups is 2. The van der Waals surface area contributed by atoms with Gasteiger partial charge in [0.2, 0.25) is 0 Å². The van der Waals surface area contributed by atoms with Crippen molar-refractivity contribution in [2.45, 2.75) is 57.5 Å². The number of esters is 1. The second-order valence-corrected chi connectivity index (χ2v) is 6.68. The van der Waals surface area contributed by atoms with E-state index in [9.17, 15) is 29.0 Å². The van der Waals surface area contributed by atoms with E-state index in [1.807, 2.05) is 6.92 Å². The highest BCUT2D eigenvalue weighted by molar-refractivity contribution is 7.54. The van der Waals surface area contributed by atoms with Gasteiger partial charge in [-0.15, -0.1) is 0 Å². The van der Waals surface area contributed by atoms with Gasteiger partial charge in [-0.05, 0) is 12.8 Å². The second-order valence-electron chi connectivity index (χ2n) is 4.74. The van der Waals surface area contributed by atoms with Crippen molar-refractivity contribution in [2.24, 2.45) is 0 Å². The Morgan fingerprint density at radius 1 is 1.15 bits per heavy atom. The molecule has 3 N–H and O–H groups in total. The molecule has 0 saturated heterocycles. The van der Waals surface area contributed by atoms with Crippen LogP contribution in [0.3, 0.4) is 0 Å². The van der Waals surface area contributed by atoms with Gasteiger partial charge in [0.15, 0.2) is 5.16 Å². The number of ether oxygens (including phenoxy) is 1. The first-order valence-electron chi connectivity index (χ1n) is 6.66. The fourth-order valence-electron chi connectivity index (χ4n) is 1.73. The number of carboxylic acid groups (broad SMARTS) is 1. The van der Waals surface area contributed by atoms with Gasteiger partial charge in [-0.2, -0.15) is 0 Å². The topological polar surface area (TPSA) is 121 Å². The first-order valence-corrected chi connectivity index (χ1v) is 8.27. The molecule has 0 aliphatic rings. The lowest BCUT2D eigenvalue weighted by atomic mass is 9.97. The lowest BCUT2D eigenvalue weighted by molar-refractivity contribution is -0.151. The average molecular weight is 310 g/mol. The van der Waals surface area contributed by atoms with Crippen molar-refractivity contribution >= 4 is 19.5 Å². The quantitative estimate of drug-likeness (QED) is 0.320. The first kappa shape index (κ1) is 19.1. The van der Waals surface area contributed by atoms with Crippen molar-refractivity contribution in [2.75, 3.05) is 6.61 Å². The van der Waals surface area contributed by atoms with Gasteiger partial charge < -0.3 is 19.6 Å². The van der Waals surface area contributed by atoms with Crippen molar-refractivity contribution in [1.82, 2.24) is 0 Å². The minimum atomic E-state index is -4.99. The highest BCUT2D eigenvalue weighted by Gasteiger charge is 2.55. The van der Waals surface area contributed by atoms with E-state index in [0.29, 0.717) is 19.3 Å². The number of rotatable bonds is 10. The van der Waals surface area contributed by atoms with Crippen LogP contribution < -0.4 is 0 Å². The molecule has 0 aromatic rings. The minimum absolute atomic E-state index is 0.125. The van der Waals surface area contributed by atoms with Gasteiger partial charge in [0.05, 0.1) is 13.0 Å². The number of hydrogen-bond acceptors (Lipinski definition) is 4. The Balaban J connectivity index is 5.06. The molecule has 1 unspecified atom stereocenters. The molecule has 7 nitrogen and oxygen atoms in total. The maximum absolute atomic E-state index is 11.6. The lowest BCUT2D eigenvalue weighted by Crippen LogP contribution is -2.41. The van der Waals surface area contributed by atoms with Gasteiger partial charge in [-0.25, -0.2) is 0 Å². The summed E-state index contributed by atoms with van der Waals surface area (Å²) in [5.41, 5.74) is 0. The van der Waals surface area contributed by atoms with E-state index in [0.717, 1.165) is 6.42 Å². The highest BCUT2D eigenvalue weighted by atomic mass is 31.2. The number of carbonyl (C=O) groups excluding carboxylic acids is 1. The van der Waals surface area contributed by atoms with Gasteiger partial charge in [-0.1, -0.05) is 33.1 Å². The van der Waals surface area contributed by atoms with Gasteiger partial charge in [-0.3, -0.25) is 14.2 Å². The molecule has 1 atom stereocenters. The summed E-state index contributed by atoms with van der Waals surface area (Å²) in [4.78, 5) is 41.7. The fourth-order valence-corrected chi connectivity index (χ4v) is 2.77. The molecule has 0 aromatic heterocycles. The van der Waals surface area contributed by atoms with Crippen LogP contribution in [0.1, 0.15) is 52.4 Å². The van der Waals surface area contributed by atoms with Crippen molar-refractivity contribution in [3.05, 3.63) is 0 Å². The van der Waals surface area contributed by atoms with Crippen molar-refractivity contribution in [1.29, 1.82) is 0 Å². The van der Waals surface area contributed by atoms with Crippen LogP contribution in [0.2, 0.25) is 0 Å². The summed E-state index contributed by atoms with van der Waals surface area (Å²) in [6.45, 7) is 3.79. The van der Waals surface area contributed by atoms with Crippen LogP contribution in [0.15, 0.2) is 0 Å². The van der Waals surface area contributed by atoms with Crippen LogP contribution in [0.25, 0.3) is 0 Å². The van der Waals surface area contributed by atoms with Crippen LogP contribution in [-0.4, -0.2) is 38.6 Å². The summed E-state index contributed by atoms with van der Waals surface area (Å²) >= 11 is 0. The third kappa shape index (κ3) is 5.23. The Morgan fingerprint density at radius 2 is 1.70 bits per heavy atom. The summed E-state index contributed by atoms with van der Waals surface area (Å²) in [6, 6.07) is 0. The normalized spacial score (nSPS) is 14.6. The molecular weight excluding hydrogens is 287 g/mol. The SMILES string of the molecule is CCCCOC(=O)CC(CCCC)(C(=O)O)P(=O)(O)O. The standard InChI is InChI=1S/C12H23O7P/c1-3-5-7-12(11(14)15,20(16,17)18)9-10(13)19-8-6-4-2/h3-9H2,1-2H3,(H,14,15)(H2,16,17,18). The van der Waals surface area contributed by atoms with Crippen LogP contribution in [0, 0.1) is 0 Å². The van der Waals surface area contributed by atoms with Crippen molar-refractivity contribution in [3.63, 3.8) is 0 Å². The number of unbranched alkanes of at least 4 members (excludes halogenated alkanes) is 2. The third-order valence-electron chi connectivity index (χ3n) is 3.10. The number of carboxylic acids is 1. The van der Waals surface area contributed by atoms with Crippen molar-refractivity contribution < 1.29 is 33.8 Å². The molecule has 0 radical (unpaired) electrons. The summed E-state index contributed by atoms with van der Waals surface area (Å²) < 4.78 is 16.4. The van der Waals surface area contributed by atoms with Crippen LogP contribution in [-0.2, 0) is 18.9 Å². The molecule has 0 aromatic carbocycles. The average Bonchev–Trinajstić information content (AvgIpc) is 2.32. The van der Waals surface area contributed by atoms with E-state index in [1.54, 1.807) is 6.92 Å². The second kappa shape index (κ2) is 8.39.